The van der Waals surface area contributed by atoms with E-state index in [-0.39, 0.29) is 5.60 Å². The predicted molar refractivity (Wildman–Crippen MR) is 139 cm³/mol. The van der Waals surface area contributed by atoms with Crippen molar-refractivity contribution in [1.82, 2.24) is 29.7 Å². The molecule has 4 heterocycles. The molecule has 9 heteroatoms. The average Bonchev–Trinajstić information content (AvgIpc) is 3.45. The van der Waals surface area contributed by atoms with E-state index in [1.165, 1.54) is 0 Å². The Kier molecular flexibility index (Phi) is 5.65. The highest BCUT2D eigenvalue weighted by Gasteiger charge is 2.29. The third kappa shape index (κ3) is 4.54. The van der Waals surface area contributed by atoms with Gasteiger partial charge in [0.25, 0.3) is 0 Å². The standard InChI is InChI=1S/C27H27ClN6O2/c1-16-31-20-5-4-19(10-22(20)32-16)36-24-7-6-21-26(25(24)28)33-23(13-29-21)18-12-30-34(15-18)14-17-8-9-35-27(2,3)11-17/h4-7,10,12-13,15,17H,8-9,11,14H2,1-3H3,(H,31,32). The molecule has 1 N–H and O–H groups in total. The number of aromatic amines is 1. The fraction of sp³-hybridized carbons (Fsp3) is 0.333. The molecule has 6 rings (SSSR count). The molecule has 3 aromatic heterocycles. The molecule has 1 saturated heterocycles. The lowest BCUT2D eigenvalue weighted by atomic mass is 9.88. The molecule has 1 fully saturated rings. The molecule has 0 aliphatic carbocycles. The number of hydrogen-bond acceptors (Lipinski definition) is 6. The molecule has 184 valence electrons. The zero-order valence-corrected chi connectivity index (χ0v) is 21.2. The summed E-state index contributed by atoms with van der Waals surface area (Å²) in [6.07, 6.45) is 7.67. The number of halogens is 1. The monoisotopic (exact) mass is 502 g/mol. The molecule has 1 unspecified atom stereocenters. The number of nitrogens with zero attached hydrogens (tertiary/aromatic N) is 5. The Morgan fingerprint density at radius 1 is 1.17 bits per heavy atom. The van der Waals surface area contributed by atoms with Gasteiger partial charge in [-0.1, -0.05) is 11.6 Å². The van der Waals surface area contributed by atoms with Gasteiger partial charge in [-0.15, -0.1) is 0 Å². The van der Waals surface area contributed by atoms with Crippen LogP contribution in [0, 0.1) is 12.8 Å². The molecule has 0 bridgehead atoms. The van der Waals surface area contributed by atoms with Crippen molar-refractivity contribution in [3.8, 4) is 22.8 Å². The molecule has 2 aromatic carbocycles. The van der Waals surface area contributed by atoms with Crippen LogP contribution in [-0.4, -0.2) is 41.9 Å². The van der Waals surface area contributed by atoms with Gasteiger partial charge in [0.15, 0.2) is 0 Å². The van der Waals surface area contributed by atoms with Crippen molar-refractivity contribution >= 4 is 33.7 Å². The van der Waals surface area contributed by atoms with Gasteiger partial charge >= 0.3 is 0 Å². The summed E-state index contributed by atoms with van der Waals surface area (Å²) in [7, 11) is 0. The molecular formula is C27H27ClN6O2. The van der Waals surface area contributed by atoms with Crippen LogP contribution in [0.4, 0.5) is 0 Å². The first-order valence-corrected chi connectivity index (χ1v) is 12.5. The number of H-pyrrole nitrogens is 1. The van der Waals surface area contributed by atoms with Crippen molar-refractivity contribution in [2.75, 3.05) is 6.61 Å². The summed E-state index contributed by atoms with van der Waals surface area (Å²) >= 11 is 6.75. The maximum absolute atomic E-state index is 6.75. The van der Waals surface area contributed by atoms with Gasteiger partial charge in [-0.2, -0.15) is 5.10 Å². The van der Waals surface area contributed by atoms with Crippen molar-refractivity contribution in [3.05, 3.63) is 59.8 Å². The second-order valence-electron chi connectivity index (χ2n) is 10.0. The van der Waals surface area contributed by atoms with Crippen LogP contribution in [0.2, 0.25) is 5.02 Å². The average molecular weight is 503 g/mol. The van der Waals surface area contributed by atoms with Crippen LogP contribution < -0.4 is 4.74 Å². The molecule has 0 saturated carbocycles. The number of rotatable bonds is 5. The van der Waals surface area contributed by atoms with E-state index in [0.29, 0.717) is 33.5 Å². The van der Waals surface area contributed by atoms with E-state index >= 15 is 0 Å². The lowest BCUT2D eigenvalue weighted by molar-refractivity contribution is -0.0752. The van der Waals surface area contributed by atoms with Crippen LogP contribution in [0.5, 0.6) is 11.5 Å². The van der Waals surface area contributed by atoms with Crippen LogP contribution in [-0.2, 0) is 11.3 Å². The number of aryl methyl sites for hydroxylation is 1. The first-order chi connectivity index (χ1) is 17.3. The first kappa shape index (κ1) is 22.9. The van der Waals surface area contributed by atoms with Gasteiger partial charge in [-0.3, -0.25) is 9.67 Å². The van der Waals surface area contributed by atoms with Crippen molar-refractivity contribution < 1.29 is 9.47 Å². The summed E-state index contributed by atoms with van der Waals surface area (Å²) in [4.78, 5) is 17.1. The lowest BCUT2D eigenvalue weighted by Gasteiger charge is -2.35. The van der Waals surface area contributed by atoms with Crippen molar-refractivity contribution in [3.63, 3.8) is 0 Å². The summed E-state index contributed by atoms with van der Waals surface area (Å²) in [5.74, 6) is 2.56. The van der Waals surface area contributed by atoms with E-state index in [9.17, 15) is 0 Å². The SMILES string of the molecule is Cc1nc2ccc(Oc3ccc4ncc(-c5cnn(CC6CCOC(C)(C)C6)c5)nc4c3Cl)cc2[nH]1. The predicted octanol–water partition coefficient (Wildman–Crippen LogP) is 6.33. The molecule has 5 aromatic rings. The highest BCUT2D eigenvalue weighted by molar-refractivity contribution is 6.36. The minimum absolute atomic E-state index is 0.0811. The van der Waals surface area contributed by atoms with E-state index in [4.69, 9.17) is 26.1 Å². The van der Waals surface area contributed by atoms with Gasteiger partial charge < -0.3 is 14.5 Å². The summed E-state index contributed by atoms with van der Waals surface area (Å²) in [5.41, 5.74) is 4.62. The number of benzene rings is 2. The third-order valence-corrected chi connectivity index (χ3v) is 6.96. The van der Waals surface area contributed by atoms with Crippen molar-refractivity contribution in [1.29, 1.82) is 0 Å². The molecule has 1 aliphatic heterocycles. The van der Waals surface area contributed by atoms with Gasteiger partial charge in [0.1, 0.15) is 27.9 Å². The second-order valence-corrected chi connectivity index (χ2v) is 10.4. The van der Waals surface area contributed by atoms with E-state index in [0.717, 1.165) is 54.1 Å². The van der Waals surface area contributed by atoms with Crippen LogP contribution in [0.15, 0.2) is 48.9 Å². The third-order valence-electron chi connectivity index (χ3n) is 6.59. The maximum atomic E-state index is 6.75. The number of aromatic nitrogens is 6. The number of fused-ring (bicyclic) bond motifs is 2. The van der Waals surface area contributed by atoms with Gasteiger partial charge in [0, 0.05) is 31.0 Å². The van der Waals surface area contributed by atoms with Crippen molar-refractivity contribution in [2.45, 2.75) is 45.8 Å². The molecule has 8 nitrogen and oxygen atoms in total. The van der Waals surface area contributed by atoms with E-state index in [2.05, 4.69) is 33.9 Å². The minimum atomic E-state index is -0.0811. The zero-order chi connectivity index (χ0) is 24.9. The Morgan fingerprint density at radius 3 is 2.89 bits per heavy atom. The fourth-order valence-corrected chi connectivity index (χ4v) is 5.17. The Balaban J connectivity index is 1.25. The molecular weight excluding hydrogens is 476 g/mol. The number of hydrogen-bond donors (Lipinski definition) is 1. The number of ether oxygens (including phenoxy) is 2. The summed E-state index contributed by atoms with van der Waals surface area (Å²) < 4.78 is 14.0. The topological polar surface area (TPSA) is 90.7 Å². The first-order valence-electron chi connectivity index (χ1n) is 12.1. The molecule has 1 atom stereocenters. The molecule has 0 radical (unpaired) electrons. The maximum Gasteiger partial charge on any atom is 0.148 e. The Bertz CT molecular complexity index is 1570. The van der Waals surface area contributed by atoms with Crippen LogP contribution in [0.3, 0.4) is 0 Å². The highest BCUT2D eigenvalue weighted by Crippen LogP contribution is 2.36. The van der Waals surface area contributed by atoms with Crippen molar-refractivity contribution in [2.24, 2.45) is 5.92 Å². The van der Waals surface area contributed by atoms with Crippen LogP contribution >= 0.6 is 11.6 Å². The van der Waals surface area contributed by atoms with Crippen LogP contribution in [0.25, 0.3) is 33.3 Å². The molecule has 0 amide bonds. The fourth-order valence-electron chi connectivity index (χ4n) is 4.93. The van der Waals surface area contributed by atoms with Crippen LogP contribution in [0.1, 0.15) is 32.5 Å². The van der Waals surface area contributed by atoms with E-state index in [1.54, 1.807) is 6.20 Å². The smallest absolute Gasteiger partial charge is 0.148 e. The summed E-state index contributed by atoms with van der Waals surface area (Å²) in [5, 5.41) is 5.00. The number of imidazole rings is 1. The van der Waals surface area contributed by atoms with Gasteiger partial charge in [-0.05, 0) is 63.8 Å². The summed E-state index contributed by atoms with van der Waals surface area (Å²) in [6.45, 7) is 7.87. The van der Waals surface area contributed by atoms with Gasteiger partial charge in [0.05, 0.1) is 40.2 Å². The minimum Gasteiger partial charge on any atom is -0.456 e. The molecule has 36 heavy (non-hydrogen) atoms. The Morgan fingerprint density at radius 2 is 2.03 bits per heavy atom. The molecule has 0 spiro atoms. The van der Waals surface area contributed by atoms with Gasteiger partial charge in [0.2, 0.25) is 0 Å². The second kappa shape index (κ2) is 8.87. The molecule has 1 aliphatic rings. The Labute approximate surface area is 213 Å². The van der Waals surface area contributed by atoms with E-state index in [1.807, 2.05) is 54.3 Å². The Hall–Kier alpha value is -3.49. The summed E-state index contributed by atoms with van der Waals surface area (Å²) in [6, 6.07) is 9.38. The quantitative estimate of drug-likeness (QED) is 0.302. The number of nitrogens with one attached hydrogen (secondary N) is 1. The van der Waals surface area contributed by atoms with Gasteiger partial charge in [-0.25, -0.2) is 9.97 Å². The van der Waals surface area contributed by atoms with E-state index < -0.39 is 0 Å². The zero-order valence-electron chi connectivity index (χ0n) is 20.5. The normalized spacial score (nSPS) is 17.6. The largest absolute Gasteiger partial charge is 0.456 e. The lowest BCUT2D eigenvalue weighted by Crippen LogP contribution is -2.35. The highest BCUT2D eigenvalue weighted by atomic mass is 35.5.